The summed E-state index contributed by atoms with van der Waals surface area (Å²) in [5.74, 6) is -0.476. The van der Waals surface area contributed by atoms with Crippen molar-refractivity contribution in [2.45, 2.75) is 19.6 Å². The van der Waals surface area contributed by atoms with Crippen LogP contribution in [-0.4, -0.2) is 21.6 Å². The minimum Gasteiger partial charge on any atom is -0.492 e. The average Bonchev–Trinajstić information content (AvgIpc) is 2.51. The highest BCUT2D eigenvalue weighted by Gasteiger charge is 2.16. The summed E-state index contributed by atoms with van der Waals surface area (Å²) in [6.07, 6.45) is 0. The zero-order chi connectivity index (χ0) is 17.7. The summed E-state index contributed by atoms with van der Waals surface area (Å²) in [5.41, 5.74) is 2.22. The molecule has 2 aromatic carbocycles. The number of hydrogen-bond acceptors (Lipinski definition) is 3. The molecule has 130 valence electrons. The number of aryl methyl sites for hydroxylation is 2. The Morgan fingerprint density at radius 2 is 1.92 bits per heavy atom. The summed E-state index contributed by atoms with van der Waals surface area (Å²) < 4.78 is 45.6. The lowest BCUT2D eigenvalue weighted by molar-refractivity contribution is 0.322. The van der Waals surface area contributed by atoms with Gasteiger partial charge in [-0.25, -0.2) is 17.5 Å². The van der Waals surface area contributed by atoms with E-state index in [1.165, 1.54) is 18.2 Å². The first-order valence-corrected chi connectivity index (χ1v) is 9.42. The van der Waals surface area contributed by atoms with Gasteiger partial charge in [-0.2, -0.15) is 0 Å². The summed E-state index contributed by atoms with van der Waals surface area (Å²) in [5, 5.41) is 0.0896. The monoisotopic (exact) mass is 371 g/mol. The van der Waals surface area contributed by atoms with Crippen LogP contribution in [0.15, 0.2) is 36.4 Å². The van der Waals surface area contributed by atoms with Crippen LogP contribution in [0.3, 0.4) is 0 Å². The van der Waals surface area contributed by atoms with Gasteiger partial charge >= 0.3 is 0 Å². The van der Waals surface area contributed by atoms with E-state index in [1.54, 1.807) is 0 Å². The second-order valence-corrected chi connectivity index (χ2v) is 7.66. The van der Waals surface area contributed by atoms with E-state index in [4.69, 9.17) is 16.3 Å². The van der Waals surface area contributed by atoms with Gasteiger partial charge in [0.25, 0.3) is 0 Å². The van der Waals surface area contributed by atoms with E-state index in [9.17, 15) is 12.8 Å². The molecule has 0 saturated carbocycles. The largest absolute Gasteiger partial charge is 0.492 e. The SMILES string of the molecule is Cc1ccc(OCCNS(=O)(=O)Cc2c(F)cccc2Cl)cc1C. The summed E-state index contributed by atoms with van der Waals surface area (Å²) in [6, 6.07) is 9.73. The molecule has 0 bridgehead atoms. The van der Waals surface area contributed by atoms with Gasteiger partial charge in [-0.3, -0.25) is 0 Å². The first kappa shape index (κ1) is 18.7. The normalized spacial score (nSPS) is 11.5. The minimum atomic E-state index is -3.70. The Morgan fingerprint density at radius 1 is 1.17 bits per heavy atom. The molecule has 4 nitrogen and oxygen atoms in total. The zero-order valence-corrected chi connectivity index (χ0v) is 15.0. The number of nitrogens with one attached hydrogen (secondary N) is 1. The van der Waals surface area contributed by atoms with E-state index < -0.39 is 21.6 Å². The molecule has 0 heterocycles. The van der Waals surface area contributed by atoms with Crippen LogP contribution in [0.2, 0.25) is 5.02 Å². The second-order valence-electron chi connectivity index (χ2n) is 5.45. The molecule has 2 rings (SSSR count). The quantitative estimate of drug-likeness (QED) is 0.757. The molecule has 2 aromatic rings. The fourth-order valence-electron chi connectivity index (χ4n) is 2.08. The lowest BCUT2D eigenvalue weighted by Gasteiger charge is -2.11. The van der Waals surface area contributed by atoms with Crippen molar-refractivity contribution in [1.29, 1.82) is 0 Å². The third-order valence-electron chi connectivity index (χ3n) is 3.57. The topological polar surface area (TPSA) is 55.4 Å². The molecule has 0 spiro atoms. The van der Waals surface area contributed by atoms with Crippen molar-refractivity contribution < 1.29 is 17.5 Å². The first-order chi connectivity index (χ1) is 11.3. The van der Waals surface area contributed by atoms with Gasteiger partial charge < -0.3 is 4.74 Å². The Labute approximate surface area is 146 Å². The molecule has 0 aromatic heterocycles. The van der Waals surface area contributed by atoms with Crippen molar-refractivity contribution in [1.82, 2.24) is 4.72 Å². The van der Waals surface area contributed by atoms with Gasteiger partial charge in [0, 0.05) is 17.1 Å². The van der Waals surface area contributed by atoms with Gasteiger partial charge in [0.05, 0.1) is 5.75 Å². The van der Waals surface area contributed by atoms with E-state index in [0.29, 0.717) is 5.75 Å². The Hall–Kier alpha value is -1.63. The molecule has 0 fully saturated rings. The van der Waals surface area contributed by atoms with E-state index >= 15 is 0 Å². The van der Waals surface area contributed by atoms with E-state index in [-0.39, 0.29) is 23.7 Å². The zero-order valence-electron chi connectivity index (χ0n) is 13.5. The van der Waals surface area contributed by atoms with E-state index in [0.717, 1.165) is 11.1 Å². The molecule has 0 saturated heterocycles. The van der Waals surface area contributed by atoms with Crippen molar-refractivity contribution >= 4 is 21.6 Å². The van der Waals surface area contributed by atoms with Crippen LogP contribution >= 0.6 is 11.6 Å². The van der Waals surface area contributed by atoms with Gasteiger partial charge in [-0.05, 0) is 49.2 Å². The molecule has 1 N–H and O–H groups in total. The highest BCUT2D eigenvalue weighted by atomic mass is 35.5. The Balaban J connectivity index is 1.88. The highest BCUT2D eigenvalue weighted by molar-refractivity contribution is 7.88. The second kappa shape index (κ2) is 7.96. The number of benzene rings is 2. The fraction of sp³-hybridized carbons (Fsp3) is 0.294. The number of halogens is 2. The third-order valence-corrected chi connectivity index (χ3v) is 5.23. The molecule has 0 aliphatic carbocycles. The maximum atomic E-state index is 13.7. The maximum Gasteiger partial charge on any atom is 0.216 e. The third kappa shape index (κ3) is 5.19. The van der Waals surface area contributed by atoms with Crippen LogP contribution in [0, 0.1) is 19.7 Å². The molecule has 7 heteroatoms. The van der Waals surface area contributed by atoms with Crippen molar-refractivity contribution in [2.24, 2.45) is 0 Å². The first-order valence-electron chi connectivity index (χ1n) is 7.39. The Morgan fingerprint density at radius 3 is 2.58 bits per heavy atom. The molecule has 0 atom stereocenters. The summed E-state index contributed by atoms with van der Waals surface area (Å²) >= 11 is 5.85. The van der Waals surface area contributed by atoms with Crippen LogP contribution in [-0.2, 0) is 15.8 Å². The van der Waals surface area contributed by atoms with E-state index in [2.05, 4.69) is 4.72 Å². The van der Waals surface area contributed by atoms with Crippen LogP contribution in [0.25, 0.3) is 0 Å². The van der Waals surface area contributed by atoms with Crippen molar-refractivity contribution in [3.05, 3.63) is 63.9 Å². The minimum absolute atomic E-state index is 0.0401. The van der Waals surface area contributed by atoms with Gasteiger partial charge in [0.1, 0.15) is 18.2 Å². The maximum absolute atomic E-state index is 13.7. The summed E-state index contributed by atoms with van der Waals surface area (Å²) in [4.78, 5) is 0. The smallest absolute Gasteiger partial charge is 0.216 e. The fourth-order valence-corrected chi connectivity index (χ4v) is 3.56. The van der Waals surface area contributed by atoms with Crippen molar-refractivity contribution in [3.8, 4) is 5.75 Å². The van der Waals surface area contributed by atoms with Gasteiger partial charge in [0.15, 0.2) is 0 Å². The average molecular weight is 372 g/mol. The number of hydrogen-bond donors (Lipinski definition) is 1. The number of sulfonamides is 1. The Kier molecular flexibility index (Phi) is 6.21. The molecular formula is C17H19ClFNO3S. The number of ether oxygens (including phenoxy) is 1. The standard InChI is InChI=1S/C17H19ClFNO3S/c1-12-6-7-14(10-13(12)2)23-9-8-20-24(21,22)11-15-16(18)4-3-5-17(15)19/h3-7,10,20H,8-9,11H2,1-2H3. The van der Waals surface area contributed by atoms with Gasteiger partial charge in [-0.1, -0.05) is 23.7 Å². The molecule has 0 radical (unpaired) electrons. The van der Waals surface area contributed by atoms with Crippen LogP contribution in [0.5, 0.6) is 5.75 Å². The van der Waals surface area contributed by atoms with Crippen LogP contribution < -0.4 is 9.46 Å². The van der Waals surface area contributed by atoms with Crippen molar-refractivity contribution in [3.63, 3.8) is 0 Å². The molecule has 0 aliphatic heterocycles. The molecule has 24 heavy (non-hydrogen) atoms. The lowest BCUT2D eigenvalue weighted by Crippen LogP contribution is -2.29. The molecule has 0 amide bonds. The van der Waals surface area contributed by atoms with E-state index in [1.807, 2.05) is 32.0 Å². The van der Waals surface area contributed by atoms with Gasteiger partial charge in [-0.15, -0.1) is 0 Å². The molecule has 0 unspecified atom stereocenters. The lowest BCUT2D eigenvalue weighted by atomic mass is 10.1. The van der Waals surface area contributed by atoms with Gasteiger partial charge in [0.2, 0.25) is 10.0 Å². The van der Waals surface area contributed by atoms with Crippen LogP contribution in [0.1, 0.15) is 16.7 Å². The van der Waals surface area contributed by atoms with Crippen molar-refractivity contribution in [2.75, 3.05) is 13.2 Å². The van der Waals surface area contributed by atoms with Crippen LogP contribution in [0.4, 0.5) is 4.39 Å². The Bertz CT molecular complexity index is 804. The molecular weight excluding hydrogens is 353 g/mol. The predicted octanol–water partition coefficient (Wildman–Crippen LogP) is 3.59. The molecule has 0 aliphatic rings. The highest BCUT2D eigenvalue weighted by Crippen LogP contribution is 2.21. The summed E-state index contributed by atoms with van der Waals surface area (Å²) in [7, 11) is -3.70. The predicted molar refractivity (Wildman–Crippen MR) is 93.4 cm³/mol. The number of rotatable bonds is 7. The summed E-state index contributed by atoms with van der Waals surface area (Å²) in [6.45, 7) is 4.23.